The van der Waals surface area contributed by atoms with Crippen LogP contribution in [0.25, 0.3) is 0 Å². The van der Waals surface area contributed by atoms with E-state index in [2.05, 4.69) is 0 Å². The average Bonchev–Trinajstić information content (AvgIpc) is 2.70. The molecule has 0 aliphatic rings. The molecule has 6 nitrogen and oxygen atoms in total. The van der Waals surface area contributed by atoms with Crippen LogP contribution in [0.2, 0.25) is 12.5 Å². The summed E-state index contributed by atoms with van der Waals surface area (Å²) in [5.41, 5.74) is -4.17. The van der Waals surface area contributed by atoms with Gasteiger partial charge in [0.2, 0.25) is 0 Å². The number of hydrogen-bond acceptors (Lipinski definition) is 6. The van der Waals surface area contributed by atoms with Gasteiger partial charge < -0.3 is 0 Å². The molecule has 0 aliphatic carbocycles. The van der Waals surface area contributed by atoms with Crippen molar-refractivity contribution in [3.8, 4) is 0 Å². The Bertz CT molecular complexity index is 865. The monoisotopic (exact) mass is 664 g/mol. The Morgan fingerprint density at radius 2 is 0.525 bits per heavy atom. The van der Waals surface area contributed by atoms with E-state index in [4.69, 9.17) is 0 Å². The molecule has 0 radical (unpaired) electrons. The van der Waals surface area contributed by atoms with E-state index in [0.29, 0.717) is 12.5 Å². The number of Topliss-reactive ketones (excluding diaryl/α,β-unsaturated/α-hetero) is 6. The summed E-state index contributed by atoms with van der Waals surface area (Å²) < 4.78 is 1.75. The van der Waals surface area contributed by atoms with Gasteiger partial charge in [0.05, 0.1) is 0 Å². The fourth-order valence-corrected chi connectivity index (χ4v) is 20.2. The van der Waals surface area contributed by atoms with Crippen LogP contribution in [-0.4, -0.2) is 56.1 Å². The van der Waals surface area contributed by atoms with Gasteiger partial charge in [-0.1, -0.05) is 0 Å². The Labute approximate surface area is 252 Å². The molecular formula is C33H57InO6. The molecule has 0 saturated heterocycles. The van der Waals surface area contributed by atoms with Crippen LogP contribution in [0.1, 0.15) is 123 Å². The van der Waals surface area contributed by atoms with Crippen LogP contribution in [-0.2, 0) is 28.8 Å². The third-order valence-electron chi connectivity index (χ3n) is 8.13. The van der Waals surface area contributed by atoms with Gasteiger partial charge in [0, 0.05) is 0 Å². The molecule has 0 aromatic heterocycles. The summed E-state index contributed by atoms with van der Waals surface area (Å²) in [6, 6.07) is 0. The fourth-order valence-electron chi connectivity index (χ4n) is 4.67. The van der Waals surface area contributed by atoms with E-state index in [-0.39, 0.29) is 54.0 Å². The van der Waals surface area contributed by atoms with E-state index in [0.717, 1.165) is 0 Å². The maximum absolute atomic E-state index is 13.4. The van der Waals surface area contributed by atoms with Gasteiger partial charge >= 0.3 is 253 Å². The molecule has 0 amide bonds. The predicted octanol–water partition coefficient (Wildman–Crippen LogP) is 7.28. The Kier molecular flexibility index (Phi) is 13.1. The zero-order chi connectivity index (χ0) is 32.3. The third-order valence-corrected chi connectivity index (χ3v) is 21.8. The summed E-state index contributed by atoms with van der Waals surface area (Å²) >= 11 is -2.95. The van der Waals surface area contributed by atoms with E-state index in [9.17, 15) is 28.8 Å². The van der Waals surface area contributed by atoms with E-state index in [1.54, 1.807) is 62.3 Å². The molecule has 40 heavy (non-hydrogen) atoms. The minimum absolute atomic E-state index is 0.107. The molecule has 0 aliphatic heterocycles. The third kappa shape index (κ3) is 12.4. The normalized spacial score (nSPS) is 13.6. The molecule has 0 atom stereocenters. The molecule has 0 fully saturated rings. The number of hydrogen-bond donors (Lipinski definition) is 0. The number of ketones is 6. The Hall–Kier alpha value is -1.11. The summed E-state index contributed by atoms with van der Waals surface area (Å²) in [5, 5.41) is 0. The first-order valence-corrected chi connectivity index (χ1v) is 21.6. The molecule has 228 valence electrons. The number of carbonyl (C=O) groups excluding carboxylic acids is 6. The van der Waals surface area contributed by atoms with Crippen molar-refractivity contribution in [3.63, 3.8) is 0 Å². The molecule has 0 aromatic rings. The first-order valence-electron chi connectivity index (χ1n) is 14.6. The van der Waals surface area contributed by atoms with Gasteiger partial charge in [-0.3, -0.25) is 0 Å². The van der Waals surface area contributed by atoms with Gasteiger partial charge in [-0.05, 0) is 0 Å². The van der Waals surface area contributed by atoms with Crippen molar-refractivity contribution in [2.75, 3.05) is 0 Å². The second kappa shape index (κ2) is 13.5. The van der Waals surface area contributed by atoms with Crippen LogP contribution in [0.5, 0.6) is 0 Å². The summed E-state index contributed by atoms with van der Waals surface area (Å²) in [4.78, 5) is 78.0. The van der Waals surface area contributed by atoms with E-state index >= 15 is 0 Å². The van der Waals surface area contributed by atoms with E-state index in [1.165, 1.54) is 0 Å². The van der Waals surface area contributed by atoms with Crippen LogP contribution in [0.3, 0.4) is 0 Å². The van der Waals surface area contributed by atoms with Crippen LogP contribution >= 0.6 is 0 Å². The van der Waals surface area contributed by atoms with Crippen LogP contribution in [0, 0.1) is 32.5 Å². The van der Waals surface area contributed by atoms with Gasteiger partial charge in [-0.2, -0.15) is 0 Å². The van der Waals surface area contributed by atoms with Crippen molar-refractivity contribution >= 4 is 56.1 Å². The molecule has 0 bridgehead atoms. The van der Waals surface area contributed by atoms with Crippen molar-refractivity contribution in [1.29, 1.82) is 0 Å². The fraction of sp³-hybridized carbons (Fsp3) is 0.818. The van der Waals surface area contributed by atoms with Gasteiger partial charge in [-0.25, -0.2) is 0 Å². The molecule has 0 saturated carbocycles. The zero-order valence-corrected chi connectivity index (χ0v) is 31.6. The Balaban J connectivity index is 6.21. The second-order valence-electron chi connectivity index (χ2n) is 16.9. The number of rotatable bonds is 15. The summed E-state index contributed by atoms with van der Waals surface area (Å²) in [7, 11) is 0. The molecule has 7 heteroatoms. The standard InChI is InChI=1S/3C11H19O2.In/c3*1-10(2,3)8(12)7-9(13)11(4,5)6;/h3*1,7H2,2-6H3;. The molecule has 0 heterocycles. The minimum atomic E-state index is -2.95. The van der Waals surface area contributed by atoms with Gasteiger partial charge in [0.1, 0.15) is 0 Å². The molecule has 0 N–H and O–H groups in total. The molecule has 0 aromatic carbocycles. The second-order valence-corrected chi connectivity index (χ2v) is 25.4. The van der Waals surface area contributed by atoms with Crippen molar-refractivity contribution in [2.45, 2.75) is 136 Å². The van der Waals surface area contributed by atoms with E-state index in [1.807, 2.05) is 41.5 Å². The summed E-state index contributed by atoms with van der Waals surface area (Å²) in [6.45, 7) is 27.4. The zero-order valence-electron chi connectivity index (χ0n) is 28.3. The molecule has 0 spiro atoms. The summed E-state index contributed by atoms with van der Waals surface area (Å²) in [6.07, 6.45) is -0.417. The van der Waals surface area contributed by atoms with Crippen LogP contribution < -0.4 is 0 Å². The van der Waals surface area contributed by atoms with E-state index < -0.39 is 53.9 Å². The van der Waals surface area contributed by atoms with Crippen molar-refractivity contribution in [3.05, 3.63) is 0 Å². The molecular weight excluding hydrogens is 607 g/mol. The van der Waals surface area contributed by atoms with Crippen LogP contribution in [0.4, 0.5) is 0 Å². The van der Waals surface area contributed by atoms with Crippen molar-refractivity contribution in [2.24, 2.45) is 32.5 Å². The predicted molar refractivity (Wildman–Crippen MR) is 164 cm³/mol. The van der Waals surface area contributed by atoms with Crippen molar-refractivity contribution < 1.29 is 28.8 Å². The van der Waals surface area contributed by atoms with Gasteiger partial charge in [0.25, 0.3) is 0 Å². The molecule has 0 rings (SSSR count). The van der Waals surface area contributed by atoms with Gasteiger partial charge in [-0.15, -0.1) is 0 Å². The average molecular weight is 665 g/mol. The topological polar surface area (TPSA) is 102 Å². The Morgan fingerprint density at radius 3 is 0.675 bits per heavy atom. The maximum atomic E-state index is 13.4. The first-order chi connectivity index (χ1) is 17.4. The number of carbonyl (C=O) groups is 6. The quantitative estimate of drug-likeness (QED) is 0.171. The summed E-state index contributed by atoms with van der Waals surface area (Å²) in [5.74, 6) is -0.672. The Morgan fingerprint density at radius 1 is 0.350 bits per heavy atom. The SMILES string of the molecule is CC(C)(C)C(=O)CC(=O)C(C)(C)[CH2][In]([CH2]C(C)(C)C(=O)CC(=O)C(C)(C)C)[CH2]C(C)(C)C(=O)CC(=O)C(C)(C)C. The van der Waals surface area contributed by atoms with Gasteiger partial charge in [0.15, 0.2) is 0 Å². The first kappa shape index (κ1) is 38.9. The molecule has 0 unspecified atom stereocenters. The van der Waals surface area contributed by atoms with Crippen LogP contribution in [0.15, 0.2) is 0 Å². The van der Waals surface area contributed by atoms with Crippen molar-refractivity contribution in [1.82, 2.24) is 0 Å².